The van der Waals surface area contributed by atoms with Gasteiger partial charge in [0.25, 0.3) is 0 Å². The summed E-state index contributed by atoms with van der Waals surface area (Å²) in [6, 6.07) is 0. The van der Waals surface area contributed by atoms with Crippen molar-refractivity contribution in [1.82, 2.24) is 14.8 Å². The van der Waals surface area contributed by atoms with Gasteiger partial charge >= 0.3 is 0 Å². The van der Waals surface area contributed by atoms with Crippen molar-refractivity contribution in [3.63, 3.8) is 0 Å². The van der Waals surface area contributed by atoms with E-state index in [4.69, 9.17) is 5.73 Å². The Kier molecular flexibility index (Phi) is 3.52. The molecule has 1 aliphatic heterocycles. The van der Waals surface area contributed by atoms with E-state index < -0.39 is 0 Å². The predicted octanol–water partition coefficient (Wildman–Crippen LogP) is 0.155. The van der Waals surface area contributed by atoms with Gasteiger partial charge in [-0.1, -0.05) is 0 Å². The SMILES string of the molecule is CN1CCN(CC(=O)c2csc(N)n2)CC1. The first-order valence-corrected chi connectivity index (χ1v) is 6.18. The van der Waals surface area contributed by atoms with Crippen molar-refractivity contribution in [2.75, 3.05) is 45.5 Å². The summed E-state index contributed by atoms with van der Waals surface area (Å²) in [6.07, 6.45) is 0. The molecule has 1 aromatic rings. The average molecular weight is 240 g/mol. The molecule has 0 atom stereocenters. The van der Waals surface area contributed by atoms with Crippen LogP contribution in [0.25, 0.3) is 0 Å². The van der Waals surface area contributed by atoms with Gasteiger partial charge in [0.15, 0.2) is 10.9 Å². The molecule has 1 fully saturated rings. The van der Waals surface area contributed by atoms with Gasteiger partial charge < -0.3 is 10.6 Å². The molecular formula is C10H16N4OS. The number of piperazine rings is 1. The molecule has 2 heterocycles. The van der Waals surface area contributed by atoms with Crippen LogP contribution in [0.3, 0.4) is 0 Å². The molecule has 6 heteroatoms. The van der Waals surface area contributed by atoms with Crippen LogP contribution in [-0.2, 0) is 0 Å². The maximum Gasteiger partial charge on any atom is 0.196 e. The van der Waals surface area contributed by atoms with Gasteiger partial charge in [0.1, 0.15) is 5.69 Å². The van der Waals surface area contributed by atoms with Crippen LogP contribution >= 0.6 is 11.3 Å². The number of Topliss-reactive ketones (excluding diaryl/α,β-unsaturated/α-hetero) is 1. The quantitative estimate of drug-likeness (QED) is 0.762. The third-order valence-electron chi connectivity index (χ3n) is 2.77. The number of hydrogen-bond donors (Lipinski definition) is 1. The van der Waals surface area contributed by atoms with Crippen LogP contribution < -0.4 is 5.73 Å². The average Bonchev–Trinajstić information content (AvgIpc) is 2.68. The van der Waals surface area contributed by atoms with Crippen LogP contribution in [0.1, 0.15) is 10.5 Å². The lowest BCUT2D eigenvalue weighted by molar-refractivity contribution is 0.0872. The van der Waals surface area contributed by atoms with Crippen LogP contribution in [0.5, 0.6) is 0 Å². The lowest BCUT2D eigenvalue weighted by atomic mass is 10.2. The van der Waals surface area contributed by atoms with Gasteiger partial charge in [-0.05, 0) is 7.05 Å². The topological polar surface area (TPSA) is 62.5 Å². The Morgan fingerprint density at radius 1 is 1.50 bits per heavy atom. The van der Waals surface area contributed by atoms with Crippen molar-refractivity contribution in [2.24, 2.45) is 0 Å². The minimum Gasteiger partial charge on any atom is -0.375 e. The normalized spacial score (nSPS) is 18.8. The molecule has 2 N–H and O–H groups in total. The second kappa shape index (κ2) is 4.90. The first kappa shape index (κ1) is 11.5. The summed E-state index contributed by atoms with van der Waals surface area (Å²) in [7, 11) is 2.10. The molecular weight excluding hydrogens is 224 g/mol. The molecule has 0 saturated carbocycles. The Morgan fingerprint density at radius 2 is 2.19 bits per heavy atom. The molecule has 2 rings (SSSR count). The van der Waals surface area contributed by atoms with E-state index >= 15 is 0 Å². The van der Waals surface area contributed by atoms with E-state index in [-0.39, 0.29) is 5.78 Å². The molecule has 0 bridgehead atoms. The number of nitrogens with zero attached hydrogens (tertiary/aromatic N) is 3. The maximum atomic E-state index is 11.8. The molecule has 0 radical (unpaired) electrons. The summed E-state index contributed by atoms with van der Waals surface area (Å²) >= 11 is 1.31. The van der Waals surface area contributed by atoms with Crippen molar-refractivity contribution in [2.45, 2.75) is 0 Å². The molecule has 16 heavy (non-hydrogen) atoms. The number of aromatic nitrogens is 1. The number of rotatable bonds is 3. The predicted molar refractivity (Wildman–Crippen MR) is 64.8 cm³/mol. The highest BCUT2D eigenvalue weighted by atomic mass is 32.1. The van der Waals surface area contributed by atoms with E-state index in [1.807, 2.05) is 0 Å². The van der Waals surface area contributed by atoms with Gasteiger partial charge in [0, 0.05) is 31.6 Å². The van der Waals surface area contributed by atoms with Crippen molar-refractivity contribution < 1.29 is 4.79 Å². The number of nitrogen functional groups attached to an aromatic ring is 1. The fourth-order valence-corrected chi connectivity index (χ4v) is 2.27. The fourth-order valence-electron chi connectivity index (χ4n) is 1.71. The van der Waals surface area contributed by atoms with Crippen molar-refractivity contribution in [1.29, 1.82) is 0 Å². The number of anilines is 1. The minimum atomic E-state index is 0.0671. The maximum absolute atomic E-state index is 11.8. The highest BCUT2D eigenvalue weighted by molar-refractivity contribution is 7.13. The van der Waals surface area contributed by atoms with Crippen LogP contribution in [0.15, 0.2) is 5.38 Å². The highest BCUT2D eigenvalue weighted by Crippen LogP contribution is 2.12. The van der Waals surface area contributed by atoms with Crippen LogP contribution in [0.2, 0.25) is 0 Å². The molecule has 1 aromatic heterocycles. The van der Waals surface area contributed by atoms with Gasteiger partial charge in [0.2, 0.25) is 0 Å². The van der Waals surface area contributed by atoms with Gasteiger partial charge in [-0.15, -0.1) is 11.3 Å². The van der Waals surface area contributed by atoms with E-state index in [0.29, 0.717) is 17.4 Å². The number of thiazole rings is 1. The molecule has 0 aromatic carbocycles. The van der Waals surface area contributed by atoms with Gasteiger partial charge in [-0.2, -0.15) is 0 Å². The van der Waals surface area contributed by atoms with E-state index in [0.717, 1.165) is 26.2 Å². The number of carbonyl (C=O) groups is 1. The Labute approximate surface area is 98.9 Å². The zero-order valence-corrected chi connectivity index (χ0v) is 10.2. The molecule has 0 amide bonds. The highest BCUT2D eigenvalue weighted by Gasteiger charge is 2.18. The van der Waals surface area contributed by atoms with E-state index in [2.05, 4.69) is 21.8 Å². The molecule has 0 aliphatic carbocycles. The van der Waals surface area contributed by atoms with Gasteiger partial charge in [-0.3, -0.25) is 9.69 Å². The molecule has 1 saturated heterocycles. The summed E-state index contributed by atoms with van der Waals surface area (Å²) in [5, 5.41) is 2.19. The zero-order valence-electron chi connectivity index (χ0n) is 9.35. The summed E-state index contributed by atoms with van der Waals surface area (Å²) in [5.41, 5.74) is 6.00. The first-order chi connectivity index (χ1) is 7.65. The molecule has 5 nitrogen and oxygen atoms in total. The first-order valence-electron chi connectivity index (χ1n) is 5.30. The minimum absolute atomic E-state index is 0.0671. The monoisotopic (exact) mass is 240 g/mol. The zero-order chi connectivity index (χ0) is 11.5. The molecule has 88 valence electrons. The largest absolute Gasteiger partial charge is 0.375 e. The Morgan fingerprint density at radius 3 is 2.75 bits per heavy atom. The standard InChI is InChI=1S/C10H16N4OS/c1-13-2-4-14(5-3-13)6-9(15)8-7-16-10(11)12-8/h7H,2-6H2,1H3,(H2,11,12). The summed E-state index contributed by atoms with van der Waals surface area (Å²) in [5.74, 6) is 0.0671. The van der Waals surface area contributed by atoms with Crippen LogP contribution in [0.4, 0.5) is 5.13 Å². The second-order valence-electron chi connectivity index (χ2n) is 4.07. The summed E-state index contributed by atoms with van der Waals surface area (Å²) in [6.45, 7) is 4.39. The Balaban J connectivity index is 1.88. The van der Waals surface area contributed by atoms with Gasteiger partial charge in [-0.25, -0.2) is 4.98 Å². The van der Waals surface area contributed by atoms with E-state index in [9.17, 15) is 4.79 Å². The van der Waals surface area contributed by atoms with Crippen molar-refractivity contribution in [3.8, 4) is 0 Å². The lowest BCUT2D eigenvalue weighted by Gasteiger charge is -2.31. The molecule has 0 spiro atoms. The Hall–Kier alpha value is -0.980. The summed E-state index contributed by atoms with van der Waals surface area (Å²) < 4.78 is 0. The third-order valence-corrected chi connectivity index (χ3v) is 3.44. The van der Waals surface area contributed by atoms with E-state index in [1.54, 1.807) is 5.38 Å². The van der Waals surface area contributed by atoms with Crippen LogP contribution in [0, 0.1) is 0 Å². The Bertz CT molecular complexity index is 371. The number of ketones is 1. The number of nitrogens with two attached hydrogens (primary N) is 1. The second-order valence-corrected chi connectivity index (χ2v) is 4.96. The van der Waals surface area contributed by atoms with Crippen molar-refractivity contribution in [3.05, 3.63) is 11.1 Å². The van der Waals surface area contributed by atoms with Crippen LogP contribution in [-0.4, -0.2) is 60.3 Å². The smallest absolute Gasteiger partial charge is 0.196 e. The van der Waals surface area contributed by atoms with Crippen molar-refractivity contribution >= 4 is 22.3 Å². The molecule has 0 unspecified atom stereocenters. The third kappa shape index (κ3) is 2.78. The number of hydrogen-bond acceptors (Lipinski definition) is 6. The lowest BCUT2D eigenvalue weighted by Crippen LogP contribution is -2.46. The van der Waals surface area contributed by atoms with Gasteiger partial charge in [0.05, 0.1) is 6.54 Å². The molecule has 1 aliphatic rings. The summed E-state index contributed by atoms with van der Waals surface area (Å²) in [4.78, 5) is 20.3. The van der Waals surface area contributed by atoms with E-state index in [1.165, 1.54) is 11.3 Å². The fraction of sp³-hybridized carbons (Fsp3) is 0.600. The number of carbonyl (C=O) groups excluding carboxylic acids is 1. The number of likely N-dealkylation sites (N-methyl/N-ethyl adjacent to an activating group) is 1.